The van der Waals surface area contributed by atoms with Crippen LogP contribution in [0.3, 0.4) is 0 Å². The molecule has 4 aromatic carbocycles. The van der Waals surface area contributed by atoms with Gasteiger partial charge in [-0.05, 0) is 48.5 Å². The molecular formula is C36H28N4O4Zr. The fraction of sp³-hybridized carbons (Fsp3) is 0. The predicted octanol–water partition coefficient (Wildman–Crippen LogP) is 7.76. The molecule has 4 heterocycles. The summed E-state index contributed by atoms with van der Waals surface area (Å²) in [5, 5.41) is 41.1. The quantitative estimate of drug-likeness (QED) is 0.129. The van der Waals surface area contributed by atoms with Crippen LogP contribution in [-0.2, 0) is 26.2 Å². The van der Waals surface area contributed by atoms with Gasteiger partial charge in [-0.3, -0.25) is 19.9 Å². The number of hydrogen-bond acceptors (Lipinski definition) is 8. The molecule has 0 aliphatic rings. The van der Waals surface area contributed by atoms with E-state index >= 15 is 0 Å². The number of aromatic hydroxyl groups is 4. The van der Waals surface area contributed by atoms with E-state index in [-0.39, 0.29) is 49.2 Å². The molecule has 4 N–H and O–H groups in total. The monoisotopic (exact) mass is 670 g/mol. The Morgan fingerprint density at radius 3 is 0.689 bits per heavy atom. The zero-order chi connectivity index (χ0) is 30.7. The average molecular weight is 672 g/mol. The summed E-state index contributed by atoms with van der Waals surface area (Å²) in [5.41, 5.74) is 2.65. The molecule has 0 aliphatic carbocycles. The molecule has 0 fully saturated rings. The van der Waals surface area contributed by atoms with Gasteiger partial charge in [-0.1, -0.05) is 72.8 Å². The van der Waals surface area contributed by atoms with Crippen LogP contribution in [0.25, 0.3) is 43.6 Å². The van der Waals surface area contributed by atoms with E-state index in [1.54, 1.807) is 73.3 Å². The van der Waals surface area contributed by atoms with E-state index in [0.717, 1.165) is 21.5 Å². The predicted molar refractivity (Wildman–Crippen MR) is 174 cm³/mol. The Bertz CT molecular complexity index is 1830. The number of benzene rings is 4. The van der Waals surface area contributed by atoms with Crippen LogP contribution in [0, 0.1) is 0 Å². The van der Waals surface area contributed by atoms with Crippen LogP contribution in [-0.4, -0.2) is 40.4 Å². The molecule has 0 saturated heterocycles. The zero-order valence-electron chi connectivity index (χ0n) is 23.9. The van der Waals surface area contributed by atoms with E-state index in [9.17, 15) is 20.4 Å². The SMILES string of the molecule is Oc1cccc2cccnc12.Oc1cccc2cccnc12.Oc1cccc2cccnc12.Oc1cccc2cccnc12.[Zr]. The normalized spacial score (nSPS) is 9.96. The van der Waals surface area contributed by atoms with Crippen molar-refractivity contribution in [3.8, 4) is 23.0 Å². The van der Waals surface area contributed by atoms with Crippen molar-refractivity contribution in [2.45, 2.75) is 0 Å². The Labute approximate surface area is 278 Å². The van der Waals surface area contributed by atoms with E-state index < -0.39 is 0 Å². The van der Waals surface area contributed by atoms with Gasteiger partial charge in [0, 0.05) is 72.5 Å². The summed E-state index contributed by atoms with van der Waals surface area (Å²) in [6, 6.07) is 36.5. The number of hydrogen-bond donors (Lipinski definition) is 4. The average Bonchev–Trinajstić information content (AvgIpc) is 3.07. The van der Waals surface area contributed by atoms with E-state index in [0.29, 0.717) is 22.1 Å². The first-order chi connectivity index (χ1) is 21.5. The number of phenolic OH excluding ortho intramolecular Hbond substituents is 4. The standard InChI is InChI=1S/4C9H7NO.Zr/c4*11-8-5-1-3-7-4-2-6-10-9(7)8;/h4*1-6,11H;. The maximum atomic E-state index is 9.31. The number of aromatic nitrogens is 4. The third-order valence-electron chi connectivity index (χ3n) is 6.45. The Kier molecular flexibility index (Phi) is 11.5. The first-order valence-electron chi connectivity index (χ1n) is 13.6. The van der Waals surface area contributed by atoms with E-state index in [4.69, 9.17) is 0 Å². The maximum Gasteiger partial charge on any atom is 0.141 e. The minimum absolute atomic E-state index is 0. The summed E-state index contributed by atoms with van der Waals surface area (Å²) in [6.45, 7) is 0. The molecule has 8 aromatic rings. The molecule has 8 nitrogen and oxygen atoms in total. The van der Waals surface area contributed by atoms with Crippen LogP contribution >= 0.6 is 0 Å². The van der Waals surface area contributed by atoms with Crippen molar-refractivity contribution in [2.24, 2.45) is 0 Å². The first-order valence-corrected chi connectivity index (χ1v) is 13.6. The van der Waals surface area contributed by atoms with Crippen LogP contribution < -0.4 is 0 Å². The molecule has 0 atom stereocenters. The topological polar surface area (TPSA) is 132 Å². The third-order valence-corrected chi connectivity index (χ3v) is 6.45. The van der Waals surface area contributed by atoms with Gasteiger partial charge in [-0.15, -0.1) is 0 Å². The van der Waals surface area contributed by atoms with Crippen molar-refractivity contribution < 1.29 is 46.6 Å². The molecular weight excluding hydrogens is 644 g/mol. The summed E-state index contributed by atoms with van der Waals surface area (Å²) in [7, 11) is 0. The Balaban J connectivity index is 0.000000136. The van der Waals surface area contributed by atoms with Crippen molar-refractivity contribution in [3.05, 3.63) is 146 Å². The second kappa shape index (κ2) is 15.9. The fourth-order valence-corrected chi connectivity index (χ4v) is 4.35. The van der Waals surface area contributed by atoms with Gasteiger partial charge in [0.05, 0.1) is 0 Å². The van der Waals surface area contributed by atoms with Gasteiger partial charge in [0.1, 0.15) is 45.1 Å². The zero-order valence-corrected chi connectivity index (χ0v) is 26.4. The Morgan fingerprint density at radius 1 is 0.289 bits per heavy atom. The Hall–Kier alpha value is -5.40. The van der Waals surface area contributed by atoms with Crippen molar-refractivity contribution in [2.75, 3.05) is 0 Å². The number of rotatable bonds is 0. The summed E-state index contributed by atoms with van der Waals surface area (Å²) in [5.74, 6) is 0.956. The number of para-hydroxylation sites is 4. The largest absolute Gasteiger partial charge is 0.506 e. The number of pyridine rings is 4. The minimum atomic E-state index is 0. The molecule has 4 aromatic heterocycles. The number of phenols is 4. The van der Waals surface area contributed by atoms with Gasteiger partial charge in [0.2, 0.25) is 0 Å². The van der Waals surface area contributed by atoms with Gasteiger partial charge in [0.15, 0.2) is 0 Å². The van der Waals surface area contributed by atoms with E-state index in [1.165, 1.54) is 0 Å². The van der Waals surface area contributed by atoms with Crippen LogP contribution in [0.1, 0.15) is 0 Å². The molecule has 0 amide bonds. The fourth-order valence-electron chi connectivity index (χ4n) is 4.35. The van der Waals surface area contributed by atoms with E-state index in [1.807, 2.05) is 72.8 Å². The van der Waals surface area contributed by atoms with Crippen LogP contribution in [0.15, 0.2) is 146 Å². The number of fused-ring (bicyclic) bond motifs is 4. The van der Waals surface area contributed by atoms with Gasteiger partial charge < -0.3 is 20.4 Å². The van der Waals surface area contributed by atoms with Crippen molar-refractivity contribution in [1.82, 2.24) is 19.9 Å². The van der Waals surface area contributed by atoms with Crippen molar-refractivity contribution in [1.29, 1.82) is 0 Å². The summed E-state index contributed by atoms with van der Waals surface area (Å²) >= 11 is 0. The summed E-state index contributed by atoms with van der Waals surface area (Å²) in [4.78, 5) is 16.1. The Morgan fingerprint density at radius 2 is 0.489 bits per heavy atom. The molecule has 0 radical (unpaired) electrons. The minimum Gasteiger partial charge on any atom is -0.506 e. The molecule has 9 heteroatoms. The van der Waals surface area contributed by atoms with Gasteiger partial charge in [-0.2, -0.15) is 0 Å². The number of nitrogens with zero attached hydrogens (tertiary/aromatic N) is 4. The van der Waals surface area contributed by atoms with Gasteiger partial charge >= 0.3 is 0 Å². The van der Waals surface area contributed by atoms with Gasteiger partial charge in [0.25, 0.3) is 0 Å². The smallest absolute Gasteiger partial charge is 0.141 e. The molecule has 220 valence electrons. The van der Waals surface area contributed by atoms with Crippen molar-refractivity contribution in [3.63, 3.8) is 0 Å². The third kappa shape index (κ3) is 8.37. The van der Waals surface area contributed by atoms with Crippen molar-refractivity contribution >= 4 is 43.6 Å². The first kappa shape index (κ1) is 32.5. The molecule has 0 aliphatic heterocycles. The second-order valence-corrected chi connectivity index (χ2v) is 9.41. The maximum absolute atomic E-state index is 9.31. The van der Waals surface area contributed by atoms with Gasteiger partial charge in [-0.25, -0.2) is 0 Å². The van der Waals surface area contributed by atoms with E-state index in [2.05, 4.69) is 19.9 Å². The molecule has 45 heavy (non-hydrogen) atoms. The molecule has 0 unspecified atom stereocenters. The summed E-state index contributed by atoms with van der Waals surface area (Å²) in [6.07, 6.45) is 6.67. The molecule has 8 rings (SSSR count). The van der Waals surface area contributed by atoms with Crippen LogP contribution in [0.2, 0.25) is 0 Å². The second-order valence-electron chi connectivity index (χ2n) is 9.41. The molecule has 0 spiro atoms. The molecule has 0 bridgehead atoms. The summed E-state index contributed by atoms with van der Waals surface area (Å²) < 4.78 is 0. The van der Waals surface area contributed by atoms with Crippen LogP contribution in [0.4, 0.5) is 0 Å². The van der Waals surface area contributed by atoms with Crippen LogP contribution in [0.5, 0.6) is 23.0 Å². The molecule has 0 saturated carbocycles.